The molecule has 0 saturated carbocycles. The fourth-order valence-corrected chi connectivity index (χ4v) is 2.77. The second kappa shape index (κ2) is 8.75. The van der Waals surface area contributed by atoms with Crippen LogP contribution >= 0.6 is 0 Å². The van der Waals surface area contributed by atoms with Gasteiger partial charge in [-0.1, -0.05) is 13.3 Å². The maximum Gasteiger partial charge on any atom is 0.219 e. The molecule has 0 aliphatic carbocycles. The molecule has 0 saturated heterocycles. The molecule has 118 valence electrons. The lowest BCUT2D eigenvalue weighted by Crippen LogP contribution is -2.41. The summed E-state index contributed by atoms with van der Waals surface area (Å²) in [5.74, 6) is 0.676. The van der Waals surface area contributed by atoms with Gasteiger partial charge in [-0.25, -0.2) is 0 Å². The highest BCUT2D eigenvalue weighted by molar-refractivity contribution is 5.78. The summed E-state index contributed by atoms with van der Waals surface area (Å²) in [4.78, 5) is 29.4. The number of nitrogens with zero attached hydrogens (tertiary/aromatic N) is 2. The minimum Gasteiger partial charge on any atom is -0.336 e. The Balaban J connectivity index is 2.86. The zero-order chi connectivity index (χ0) is 15.8. The molecule has 0 radical (unpaired) electrons. The van der Waals surface area contributed by atoms with Crippen LogP contribution in [0.2, 0.25) is 0 Å². The Morgan fingerprint density at radius 2 is 2.05 bits per heavy atom. The molecular formula is C17H28N2O2. The number of ketones is 1. The van der Waals surface area contributed by atoms with Crippen LogP contribution in [0, 0.1) is 5.92 Å². The Morgan fingerprint density at radius 1 is 1.33 bits per heavy atom. The lowest BCUT2D eigenvalue weighted by atomic mass is 9.96. The first-order valence-electron chi connectivity index (χ1n) is 7.92. The number of amides is 1. The molecule has 1 aliphatic rings. The predicted octanol–water partition coefficient (Wildman–Crippen LogP) is 3.37. The Hall–Kier alpha value is -1.45. The van der Waals surface area contributed by atoms with Gasteiger partial charge in [-0.2, -0.15) is 0 Å². The van der Waals surface area contributed by atoms with Crippen molar-refractivity contribution < 1.29 is 9.59 Å². The van der Waals surface area contributed by atoms with Crippen molar-refractivity contribution in [3.05, 3.63) is 11.8 Å². The summed E-state index contributed by atoms with van der Waals surface area (Å²) in [6.07, 6.45) is 8.55. The summed E-state index contributed by atoms with van der Waals surface area (Å²) in [5, 5.41) is 0. The summed E-state index contributed by atoms with van der Waals surface area (Å²) < 4.78 is 0. The minimum absolute atomic E-state index is 0.0317. The minimum atomic E-state index is 0.0317. The van der Waals surface area contributed by atoms with Crippen molar-refractivity contribution in [3.8, 4) is 0 Å². The van der Waals surface area contributed by atoms with Crippen LogP contribution in [0.25, 0.3) is 0 Å². The highest BCUT2D eigenvalue weighted by atomic mass is 16.2. The number of carbonyl (C=O) groups excluding carboxylic acids is 2. The Bertz CT molecular complexity index is 427. The molecule has 4 heteroatoms. The molecule has 4 nitrogen and oxygen atoms in total. The topological polar surface area (TPSA) is 49.7 Å². The van der Waals surface area contributed by atoms with E-state index in [9.17, 15) is 9.59 Å². The molecule has 0 aromatic carbocycles. The van der Waals surface area contributed by atoms with E-state index in [-0.39, 0.29) is 17.7 Å². The second-order valence-electron chi connectivity index (χ2n) is 5.95. The molecular weight excluding hydrogens is 264 g/mol. The Kier molecular flexibility index (Phi) is 7.34. The Labute approximate surface area is 128 Å². The molecule has 0 aromatic rings. The van der Waals surface area contributed by atoms with Gasteiger partial charge in [-0.15, -0.1) is 0 Å². The van der Waals surface area contributed by atoms with Crippen molar-refractivity contribution in [2.24, 2.45) is 10.9 Å². The Morgan fingerprint density at radius 3 is 2.62 bits per heavy atom. The third kappa shape index (κ3) is 5.82. The zero-order valence-corrected chi connectivity index (χ0v) is 13.8. The first kappa shape index (κ1) is 17.6. The van der Waals surface area contributed by atoms with Gasteiger partial charge in [-0.05, 0) is 44.6 Å². The normalized spacial score (nSPS) is 26.8. The van der Waals surface area contributed by atoms with E-state index in [1.165, 1.54) is 0 Å². The third-order valence-corrected chi connectivity index (χ3v) is 4.16. The molecule has 21 heavy (non-hydrogen) atoms. The highest BCUT2D eigenvalue weighted by Gasteiger charge is 2.23. The molecule has 0 aromatic heterocycles. The van der Waals surface area contributed by atoms with Gasteiger partial charge in [0.2, 0.25) is 5.91 Å². The summed E-state index contributed by atoms with van der Waals surface area (Å²) >= 11 is 0. The summed E-state index contributed by atoms with van der Waals surface area (Å²) in [7, 11) is 0. The quantitative estimate of drug-likeness (QED) is 0.780. The molecule has 2 unspecified atom stereocenters. The van der Waals surface area contributed by atoms with Gasteiger partial charge in [0.05, 0.1) is 6.04 Å². The molecule has 1 heterocycles. The van der Waals surface area contributed by atoms with E-state index in [4.69, 9.17) is 0 Å². The number of Topliss-reactive ketones (excluding diaryl/α,β-unsaturated/α-hetero) is 1. The van der Waals surface area contributed by atoms with E-state index in [2.05, 4.69) is 11.9 Å². The number of rotatable bonds is 5. The van der Waals surface area contributed by atoms with Crippen molar-refractivity contribution in [2.75, 3.05) is 6.54 Å². The van der Waals surface area contributed by atoms with Crippen LogP contribution < -0.4 is 0 Å². The van der Waals surface area contributed by atoms with E-state index in [0.717, 1.165) is 31.3 Å². The van der Waals surface area contributed by atoms with Gasteiger partial charge in [0.25, 0.3) is 0 Å². The van der Waals surface area contributed by atoms with E-state index in [0.29, 0.717) is 18.9 Å². The number of hydrogen-bond acceptors (Lipinski definition) is 3. The van der Waals surface area contributed by atoms with Gasteiger partial charge < -0.3 is 4.90 Å². The number of carbonyl (C=O) groups is 2. The van der Waals surface area contributed by atoms with Gasteiger partial charge >= 0.3 is 0 Å². The first-order chi connectivity index (χ1) is 9.95. The van der Waals surface area contributed by atoms with Crippen molar-refractivity contribution in [1.29, 1.82) is 0 Å². The average Bonchev–Trinajstić information content (AvgIpc) is 2.50. The van der Waals surface area contributed by atoms with Crippen LogP contribution in [0.5, 0.6) is 0 Å². The van der Waals surface area contributed by atoms with Crippen molar-refractivity contribution in [3.63, 3.8) is 0 Å². The van der Waals surface area contributed by atoms with Crippen LogP contribution in [-0.2, 0) is 9.59 Å². The fourth-order valence-electron chi connectivity index (χ4n) is 2.77. The monoisotopic (exact) mass is 292 g/mol. The smallest absolute Gasteiger partial charge is 0.219 e. The second-order valence-corrected chi connectivity index (χ2v) is 5.95. The lowest BCUT2D eigenvalue weighted by Gasteiger charge is -2.31. The standard InChI is InChI=1S/C17H28N2O2/c1-5-16-7-6-8-17(13(2)11-18-12-16)19(15(4)21)10-9-14(3)20/h11-12,16-17H,5-10H2,1-4H3/b13-11+,18-12-. The van der Waals surface area contributed by atoms with Crippen molar-refractivity contribution >= 4 is 17.9 Å². The predicted molar refractivity (Wildman–Crippen MR) is 86.4 cm³/mol. The molecule has 1 amide bonds. The van der Waals surface area contributed by atoms with Gasteiger partial charge in [-0.3, -0.25) is 14.6 Å². The molecule has 0 fully saturated rings. The van der Waals surface area contributed by atoms with Crippen molar-refractivity contribution in [2.45, 2.75) is 65.8 Å². The SMILES string of the molecule is CCC1/C=N\C=C(/C)C(N(CCC(C)=O)C(C)=O)CCC1. The largest absolute Gasteiger partial charge is 0.336 e. The molecule has 1 rings (SSSR count). The van der Waals surface area contributed by atoms with Crippen LogP contribution in [0.15, 0.2) is 16.8 Å². The molecule has 0 spiro atoms. The van der Waals surface area contributed by atoms with Gasteiger partial charge in [0.15, 0.2) is 0 Å². The van der Waals surface area contributed by atoms with Crippen LogP contribution in [0.4, 0.5) is 0 Å². The van der Waals surface area contributed by atoms with Gasteiger partial charge in [0.1, 0.15) is 5.78 Å². The lowest BCUT2D eigenvalue weighted by molar-refractivity contribution is -0.131. The fraction of sp³-hybridized carbons (Fsp3) is 0.706. The van der Waals surface area contributed by atoms with E-state index in [1.807, 2.05) is 24.2 Å². The third-order valence-electron chi connectivity index (χ3n) is 4.16. The molecule has 1 aliphatic heterocycles. The maximum absolute atomic E-state index is 12.0. The highest BCUT2D eigenvalue weighted by Crippen LogP contribution is 2.22. The van der Waals surface area contributed by atoms with E-state index in [1.54, 1.807) is 13.8 Å². The van der Waals surface area contributed by atoms with Crippen LogP contribution in [0.3, 0.4) is 0 Å². The van der Waals surface area contributed by atoms with E-state index >= 15 is 0 Å². The zero-order valence-electron chi connectivity index (χ0n) is 13.8. The average molecular weight is 292 g/mol. The molecule has 0 N–H and O–H groups in total. The maximum atomic E-state index is 12.0. The van der Waals surface area contributed by atoms with Crippen LogP contribution in [0.1, 0.15) is 59.8 Å². The number of hydrogen-bond donors (Lipinski definition) is 0. The van der Waals surface area contributed by atoms with E-state index < -0.39 is 0 Å². The number of aliphatic imine (C=N–C) groups is 1. The van der Waals surface area contributed by atoms with Crippen LogP contribution in [-0.4, -0.2) is 35.4 Å². The van der Waals surface area contributed by atoms with Gasteiger partial charge in [0, 0.05) is 32.3 Å². The molecule has 2 atom stereocenters. The summed E-state index contributed by atoms with van der Waals surface area (Å²) in [6.45, 7) is 7.86. The summed E-state index contributed by atoms with van der Waals surface area (Å²) in [5.41, 5.74) is 1.10. The first-order valence-corrected chi connectivity index (χ1v) is 7.92. The summed E-state index contributed by atoms with van der Waals surface area (Å²) in [6, 6.07) is 0.0645. The van der Waals surface area contributed by atoms with Crippen molar-refractivity contribution in [1.82, 2.24) is 4.90 Å². The molecule has 0 bridgehead atoms.